The van der Waals surface area contributed by atoms with E-state index in [-0.39, 0.29) is 16.8 Å². The van der Waals surface area contributed by atoms with Crippen LogP contribution in [-0.4, -0.2) is 88.9 Å². The lowest BCUT2D eigenvalue weighted by atomic mass is 9.86. The van der Waals surface area contributed by atoms with Crippen molar-refractivity contribution in [2.75, 3.05) is 52.4 Å². The number of carbonyl (C=O) groups is 1. The van der Waals surface area contributed by atoms with E-state index in [1.54, 1.807) is 18.3 Å². The number of likely N-dealkylation sites (tertiary alicyclic amines) is 1. The molecule has 1 aromatic heterocycles. The van der Waals surface area contributed by atoms with Gasteiger partial charge in [0.2, 0.25) is 0 Å². The van der Waals surface area contributed by atoms with E-state index in [1.807, 2.05) is 0 Å². The zero-order valence-corrected chi connectivity index (χ0v) is 18.6. The van der Waals surface area contributed by atoms with Crippen LogP contribution >= 0.6 is 24.2 Å². The van der Waals surface area contributed by atoms with Gasteiger partial charge in [-0.3, -0.25) is 14.6 Å². The molecule has 3 heterocycles. The Labute approximate surface area is 179 Å². The van der Waals surface area contributed by atoms with E-state index in [1.165, 1.54) is 0 Å². The van der Waals surface area contributed by atoms with Crippen molar-refractivity contribution < 1.29 is 4.79 Å². The molecule has 3 rings (SSSR count). The zero-order chi connectivity index (χ0) is 20.1. The maximum Gasteiger partial charge on any atom is 0.271 e. The van der Waals surface area contributed by atoms with E-state index in [4.69, 9.17) is 11.6 Å². The third-order valence-corrected chi connectivity index (χ3v) is 6.71. The smallest absolute Gasteiger partial charge is 0.271 e. The maximum atomic E-state index is 13.0. The average Bonchev–Trinajstić information content (AvgIpc) is 2.69. The lowest BCUT2D eigenvalue weighted by Crippen LogP contribution is -2.62. The molecular formula is C20H32ClN5OS. The van der Waals surface area contributed by atoms with Crippen molar-refractivity contribution in [1.29, 1.82) is 0 Å². The Balaban J connectivity index is 1.72. The Morgan fingerprint density at radius 1 is 1.25 bits per heavy atom. The van der Waals surface area contributed by atoms with E-state index in [0.717, 1.165) is 65.2 Å². The number of aromatic nitrogens is 1. The van der Waals surface area contributed by atoms with Crippen molar-refractivity contribution in [3.8, 4) is 0 Å². The fraction of sp³-hybridized carbons (Fsp3) is 0.700. The summed E-state index contributed by atoms with van der Waals surface area (Å²) in [6.07, 6.45) is 3.42. The molecule has 6 nitrogen and oxygen atoms in total. The van der Waals surface area contributed by atoms with Crippen molar-refractivity contribution in [3.05, 3.63) is 29.0 Å². The van der Waals surface area contributed by atoms with Gasteiger partial charge in [-0.1, -0.05) is 18.5 Å². The number of piperidine rings is 1. The van der Waals surface area contributed by atoms with Crippen molar-refractivity contribution in [3.63, 3.8) is 0 Å². The number of piperazine rings is 1. The molecule has 8 heteroatoms. The van der Waals surface area contributed by atoms with Gasteiger partial charge in [0.1, 0.15) is 5.69 Å². The topological polar surface area (TPSA) is 51.7 Å². The third kappa shape index (κ3) is 5.39. The predicted molar refractivity (Wildman–Crippen MR) is 117 cm³/mol. The van der Waals surface area contributed by atoms with Gasteiger partial charge in [0.15, 0.2) is 0 Å². The van der Waals surface area contributed by atoms with E-state index < -0.39 is 0 Å². The molecule has 0 spiro atoms. The summed E-state index contributed by atoms with van der Waals surface area (Å²) in [6, 6.07) is 3.46. The van der Waals surface area contributed by atoms with Gasteiger partial charge in [-0.25, -0.2) is 4.98 Å². The second kappa shape index (κ2) is 9.76. The van der Waals surface area contributed by atoms with E-state index in [2.05, 4.69) is 51.5 Å². The number of amides is 1. The predicted octanol–water partition coefficient (Wildman–Crippen LogP) is 2.21. The lowest BCUT2D eigenvalue weighted by Gasteiger charge is -2.47. The summed E-state index contributed by atoms with van der Waals surface area (Å²) < 4.78 is 0. The summed E-state index contributed by atoms with van der Waals surface area (Å²) in [5.41, 5.74) is 0.0511. The molecule has 2 saturated heterocycles. The molecule has 1 N–H and O–H groups in total. The van der Waals surface area contributed by atoms with E-state index in [9.17, 15) is 4.79 Å². The quantitative estimate of drug-likeness (QED) is 0.684. The highest BCUT2D eigenvalue weighted by Gasteiger charge is 2.39. The maximum absolute atomic E-state index is 13.0. The number of nitrogens with zero attached hydrogens (tertiary/aromatic N) is 4. The highest BCUT2D eigenvalue weighted by molar-refractivity contribution is 7.80. The molecule has 0 saturated carbocycles. The van der Waals surface area contributed by atoms with E-state index in [0.29, 0.717) is 10.7 Å². The minimum absolute atomic E-state index is 0.176. The third-order valence-electron chi connectivity index (χ3n) is 6.07. The molecule has 1 atom stereocenters. The van der Waals surface area contributed by atoms with Crippen LogP contribution in [0, 0.1) is 0 Å². The van der Waals surface area contributed by atoms with Gasteiger partial charge in [0, 0.05) is 57.4 Å². The van der Waals surface area contributed by atoms with Crippen LogP contribution in [-0.2, 0) is 0 Å². The number of rotatable bonds is 6. The second-order valence-corrected chi connectivity index (χ2v) is 9.10. The van der Waals surface area contributed by atoms with Crippen molar-refractivity contribution in [2.45, 2.75) is 37.6 Å². The van der Waals surface area contributed by atoms with Crippen LogP contribution in [0.2, 0.25) is 5.02 Å². The lowest BCUT2D eigenvalue weighted by molar-refractivity contribution is 0.0552. The van der Waals surface area contributed by atoms with Gasteiger partial charge in [-0.15, -0.1) is 0 Å². The van der Waals surface area contributed by atoms with Crippen molar-refractivity contribution in [2.24, 2.45) is 0 Å². The van der Waals surface area contributed by atoms with Crippen molar-refractivity contribution in [1.82, 2.24) is 25.0 Å². The van der Waals surface area contributed by atoms with Crippen LogP contribution in [0.25, 0.3) is 0 Å². The van der Waals surface area contributed by atoms with Crippen LogP contribution in [0.5, 0.6) is 0 Å². The highest BCUT2D eigenvalue weighted by atomic mass is 35.5. The second-order valence-electron chi connectivity index (χ2n) is 7.95. The van der Waals surface area contributed by atoms with Crippen LogP contribution in [0.3, 0.4) is 0 Å². The van der Waals surface area contributed by atoms with Gasteiger partial charge < -0.3 is 10.2 Å². The number of pyridine rings is 1. The Hall–Kier alpha value is -0.860. The Morgan fingerprint density at radius 3 is 2.46 bits per heavy atom. The van der Waals surface area contributed by atoms with Crippen LogP contribution in [0.1, 0.15) is 37.2 Å². The molecule has 28 heavy (non-hydrogen) atoms. The first kappa shape index (κ1) is 21.8. The highest BCUT2D eigenvalue weighted by Crippen LogP contribution is 2.27. The monoisotopic (exact) mass is 425 g/mol. The minimum Gasteiger partial charge on any atom is -0.344 e. The fourth-order valence-electron chi connectivity index (χ4n) is 4.19. The SMILES string of the molecule is CCN1CCN(CC2(NC(=O)c3ncccc3Cl)CCN(C(C)S)CC2)CC1. The summed E-state index contributed by atoms with van der Waals surface area (Å²) >= 11 is 10.8. The van der Waals surface area contributed by atoms with Crippen LogP contribution in [0.15, 0.2) is 18.3 Å². The van der Waals surface area contributed by atoms with Gasteiger partial charge in [-0.2, -0.15) is 12.6 Å². The molecule has 1 unspecified atom stereocenters. The number of likely N-dealkylation sites (N-methyl/N-ethyl adjacent to an activating group) is 1. The summed E-state index contributed by atoms with van der Waals surface area (Å²) in [7, 11) is 0. The van der Waals surface area contributed by atoms with Gasteiger partial charge >= 0.3 is 0 Å². The van der Waals surface area contributed by atoms with E-state index >= 15 is 0 Å². The Morgan fingerprint density at radius 2 is 1.89 bits per heavy atom. The summed E-state index contributed by atoms with van der Waals surface area (Å²) in [5, 5.41) is 3.95. The van der Waals surface area contributed by atoms with Gasteiger partial charge in [-0.05, 0) is 38.4 Å². The molecule has 0 bridgehead atoms. The van der Waals surface area contributed by atoms with Crippen LogP contribution < -0.4 is 5.32 Å². The Kier molecular flexibility index (Phi) is 7.61. The summed E-state index contributed by atoms with van der Waals surface area (Å²) in [6.45, 7) is 12.4. The number of thiol groups is 1. The minimum atomic E-state index is -0.258. The molecule has 156 valence electrons. The molecule has 1 aromatic rings. The molecule has 0 aromatic carbocycles. The number of nitrogens with one attached hydrogen (secondary N) is 1. The number of hydrogen-bond acceptors (Lipinski definition) is 6. The largest absolute Gasteiger partial charge is 0.344 e. The molecule has 0 radical (unpaired) electrons. The molecule has 0 aliphatic carbocycles. The summed E-state index contributed by atoms with van der Waals surface area (Å²) in [4.78, 5) is 24.5. The number of hydrogen-bond donors (Lipinski definition) is 2. The number of halogens is 1. The zero-order valence-electron chi connectivity index (χ0n) is 16.9. The molecule has 2 aliphatic heterocycles. The first-order valence-electron chi connectivity index (χ1n) is 10.2. The fourth-order valence-corrected chi connectivity index (χ4v) is 4.63. The molecular weight excluding hydrogens is 394 g/mol. The first-order valence-corrected chi connectivity index (χ1v) is 11.1. The molecule has 2 aliphatic rings. The van der Waals surface area contributed by atoms with Gasteiger partial charge in [0.25, 0.3) is 5.91 Å². The number of carbonyl (C=O) groups excluding carboxylic acids is 1. The van der Waals surface area contributed by atoms with Gasteiger partial charge in [0.05, 0.1) is 10.6 Å². The Bertz CT molecular complexity index is 658. The first-order chi connectivity index (χ1) is 13.4. The standard InChI is InChI=1S/C20H32ClN5OS/c1-3-24-11-13-25(14-12-24)15-20(6-9-26(10-7-20)16(2)28)23-19(27)18-17(21)5-4-8-22-18/h4-5,8,16,28H,3,6-7,9-15H2,1-2H3,(H,23,27). The van der Waals surface area contributed by atoms with Crippen molar-refractivity contribution >= 4 is 30.1 Å². The average molecular weight is 426 g/mol. The normalized spacial score (nSPS) is 22.7. The summed E-state index contributed by atoms with van der Waals surface area (Å²) in [5.74, 6) is -0.176. The molecule has 1 amide bonds. The molecule has 2 fully saturated rings. The van der Waals surface area contributed by atoms with Crippen LogP contribution in [0.4, 0.5) is 0 Å².